The molecule has 0 bridgehead atoms. The number of anilines is 1. The van der Waals surface area contributed by atoms with Crippen molar-refractivity contribution in [2.24, 2.45) is 0 Å². The minimum atomic E-state index is 0.649. The van der Waals surface area contributed by atoms with Gasteiger partial charge in [0.05, 0.1) is 5.69 Å². The molecule has 0 aromatic heterocycles. The van der Waals surface area contributed by atoms with Crippen molar-refractivity contribution in [3.8, 4) is 0 Å². The Morgan fingerprint density at radius 3 is 2.65 bits per heavy atom. The van der Waals surface area contributed by atoms with Crippen molar-refractivity contribution in [3.63, 3.8) is 0 Å². The van der Waals surface area contributed by atoms with Gasteiger partial charge < -0.3 is 4.90 Å². The maximum atomic E-state index is 2.70. The lowest BCUT2D eigenvalue weighted by molar-refractivity contribution is 0.145. The topological polar surface area (TPSA) is 6.48 Å². The van der Waals surface area contributed by atoms with Crippen LogP contribution in [0.3, 0.4) is 0 Å². The van der Waals surface area contributed by atoms with Gasteiger partial charge in [0, 0.05) is 47.9 Å². The molecule has 1 fully saturated rings. The maximum Gasteiger partial charge on any atom is 0.0544 e. The molecule has 0 radical (unpaired) electrons. The molecule has 2 aliphatic heterocycles. The van der Waals surface area contributed by atoms with Crippen molar-refractivity contribution >= 4 is 17.4 Å². The highest BCUT2D eigenvalue weighted by atomic mass is 32.2. The van der Waals surface area contributed by atoms with Gasteiger partial charge in [0.2, 0.25) is 0 Å². The maximum absolute atomic E-state index is 2.70. The number of hydrogen-bond donors (Lipinski definition) is 0. The highest BCUT2D eigenvalue weighted by Crippen LogP contribution is 2.49. The fourth-order valence-electron chi connectivity index (χ4n) is 4.59. The molecule has 0 saturated carbocycles. The second-order valence-corrected chi connectivity index (χ2v) is 9.05. The zero-order chi connectivity index (χ0) is 18.3. The first-order valence-electron chi connectivity index (χ1n) is 9.92. The highest BCUT2D eigenvalue weighted by molar-refractivity contribution is 7.99. The van der Waals surface area contributed by atoms with Gasteiger partial charge >= 0.3 is 0 Å². The number of fused-ring (bicyclic) bond motifs is 3. The molecule has 3 atom stereocenters. The van der Waals surface area contributed by atoms with E-state index in [0.29, 0.717) is 18.0 Å². The number of likely N-dealkylation sites (tertiary alicyclic amines) is 1. The first-order chi connectivity index (χ1) is 12.6. The zero-order valence-corrected chi connectivity index (χ0v) is 17.2. The molecule has 0 N–H and O–H groups in total. The summed E-state index contributed by atoms with van der Waals surface area (Å²) in [4.78, 5) is 8.00. The molecule has 1 saturated heterocycles. The Balaban J connectivity index is 1.64. The summed E-state index contributed by atoms with van der Waals surface area (Å²) in [5.41, 5.74) is 4.35. The standard InChI is InChI=1S/C23H30N2S/c1-5-17(3)25-14-13-21-20(15-25)19-7-6-8-22(23(19)24(21)4)26-18-11-9-16(2)10-12-18/h6-12,17,20-21H,5,13-15H2,1-4H3/t17?,20-,21+/m1/s1. The van der Waals surface area contributed by atoms with Gasteiger partial charge in [-0.1, -0.05) is 48.5 Å². The van der Waals surface area contributed by atoms with Crippen LogP contribution in [0, 0.1) is 6.92 Å². The number of hydrogen-bond acceptors (Lipinski definition) is 3. The third-order valence-electron chi connectivity index (χ3n) is 6.35. The monoisotopic (exact) mass is 366 g/mol. The van der Waals surface area contributed by atoms with Crippen molar-refractivity contribution in [1.82, 2.24) is 4.90 Å². The van der Waals surface area contributed by atoms with Gasteiger partial charge in [-0.05, 0) is 50.5 Å². The molecule has 2 heterocycles. The van der Waals surface area contributed by atoms with Crippen molar-refractivity contribution in [1.29, 1.82) is 0 Å². The summed E-state index contributed by atoms with van der Waals surface area (Å²) in [7, 11) is 2.31. The van der Waals surface area contributed by atoms with E-state index in [9.17, 15) is 0 Å². The molecular weight excluding hydrogens is 336 g/mol. The van der Waals surface area contributed by atoms with E-state index in [1.54, 1.807) is 5.56 Å². The summed E-state index contributed by atoms with van der Waals surface area (Å²) < 4.78 is 0. The molecule has 2 aromatic rings. The first kappa shape index (κ1) is 17.9. The third-order valence-corrected chi connectivity index (χ3v) is 7.41. The second kappa shape index (κ2) is 7.28. The Kier molecular flexibility index (Phi) is 5.02. The quantitative estimate of drug-likeness (QED) is 0.700. The minimum Gasteiger partial charge on any atom is -0.370 e. The van der Waals surface area contributed by atoms with Gasteiger partial charge in [0.25, 0.3) is 0 Å². The SMILES string of the molecule is CCC(C)N1CC[C@H]2[C@H](C1)c1cccc(Sc3ccc(C)cc3)c1N2C. The molecule has 138 valence electrons. The molecule has 2 nitrogen and oxygen atoms in total. The van der Waals surface area contributed by atoms with Crippen LogP contribution < -0.4 is 4.90 Å². The summed E-state index contributed by atoms with van der Waals surface area (Å²) in [6.45, 7) is 9.27. The molecule has 26 heavy (non-hydrogen) atoms. The summed E-state index contributed by atoms with van der Waals surface area (Å²) in [5, 5.41) is 0. The lowest BCUT2D eigenvalue weighted by atomic mass is 9.88. The van der Waals surface area contributed by atoms with Crippen LogP contribution in [0.2, 0.25) is 0 Å². The van der Waals surface area contributed by atoms with Crippen molar-refractivity contribution in [2.75, 3.05) is 25.0 Å². The number of nitrogens with zero attached hydrogens (tertiary/aromatic N) is 2. The van der Waals surface area contributed by atoms with E-state index in [2.05, 4.69) is 80.1 Å². The Morgan fingerprint density at radius 1 is 1.15 bits per heavy atom. The van der Waals surface area contributed by atoms with Crippen molar-refractivity contribution in [2.45, 2.75) is 61.4 Å². The van der Waals surface area contributed by atoms with Gasteiger partial charge in [0.1, 0.15) is 0 Å². The van der Waals surface area contributed by atoms with E-state index in [0.717, 1.165) is 0 Å². The molecule has 1 unspecified atom stereocenters. The minimum absolute atomic E-state index is 0.649. The molecule has 0 spiro atoms. The average molecular weight is 367 g/mol. The van der Waals surface area contributed by atoms with E-state index < -0.39 is 0 Å². The average Bonchev–Trinajstić information content (AvgIpc) is 2.96. The fourth-order valence-corrected chi connectivity index (χ4v) is 5.62. The summed E-state index contributed by atoms with van der Waals surface area (Å²) in [6.07, 6.45) is 2.51. The first-order valence-corrected chi connectivity index (χ1v) is 10.7. The van der Waals surface area contributed by atoms with E-state index in [1.807, 2.05) is 11.8 Å². The fraction of sp³-hybridized carbons (Fsp3) is 0.478. The van der Waals surface area contributed by atoms with Crippen LogP contribution >= 0.6 is 11.8 Å². The zero-order valence-electron chi connectivity index (χ0n) is 16.4. The molecule has 4 rings (SSSR count). The Bertz CT molecular complexity index is 770. The smallest absolute Gasteiger partial charge is 0.0544 e. The van der Waals surface area contributed by atoms with Gasteiger partial charge in [-0.2, -0.15) is 0 Å². The number of rotatable bonds is 4. The van der Waals surface area contributed by atoms with E-state index in [4.69, 9.17) is 0 Å². The third kappa shape index (κ3) is 3.16. The number of benzene rings is 2. The second-order valence-electron chi connectivity index (χ2n) is 7.93. The van der Waals surface area contributed by atoms with Crippen LogP contribution in [0.15, 0.2) is 52.3 Å². The molecular formula is C23H30N2S. The molecule has 0 amide bonds. The normalized spacial score (nSPS) is 23.6. The van der Waals surface area contributed by atoms with E-state index in [-0.39, 0.29) is 0 Å². The van der Waals surface area contributed by atoms with Crippen LogP contribution in [0.5, 0.6) is 0 Å². The predicted octanol–water partition coefficient (Wildman–Crippen LogP) is 5.55. The predicted molar refractivity (Wildman–Crippen MR) is 113 cm³/mol. The van der Waals surface area contributed by atoms with Gasteiger partial charge in [0.15, 0.2) is 0 Å². The van der Waals surface area contributed by atoms with Gasteiger partial charge in [-0.25, -0.2) is 0 Å². The van der Waals surface area contributed by atoms with Crippen molar-refractivity contribution in [3.05, 3.63) is 53.6 Å². The van der Waals surface area contributed by atoms with E-state index >= 15 is 0 Å². The molecule has 2 aromatic carbocycles. The largest absolute Gasteiger partial charge is 0.370 e. The number of likely N-dealkylation sites (N-methyl/N-ethyl adjacent to an activating group) is 1. The van der Waals surface area contributed by atoms with Crippen LogP contribution in [-0.2, 0) is 0 Å². The van der Waals surface area contributed by atoms with E-state index in [1.165, 1.54) is 47.0 Å². The van der Waals surface area contributed by atoms with Crippen LogP contribution in [0.1, 0.15) is 43.7 Å². The number of aryl methyl sites for hydroxylation is 1. The number of para-hydroxylation sites is 1. The lowest BCUT2D eigenvalue weighted by Gasteiger charge is -2.40. The van der Waals surface area contributed by atoms with Crippen LogP contribution in [0.25, 0.3) is 0 Å². The Labute approximate surface area is 162 Å². The van der Waals surface area contributed by atoms with Gasteiger partial charge in [-0.3, -0.25) is 4.90 Å². The molecule has 3 heteroatoms. The van der Waals surface area contributed by atoms with Gasteiger partial charge in [-0.15, -0.1) is 0 Å². The number of piperidine rings is 1. The summed E-state index contributed by atoms with van der Waals surface area (Å²) >= 11 is 1.91. The highest BCUT2D eigenvalue weighted by Gasteiger charge is 2.41. The summed E-state index contributed by atoms with van der Waals surface area (Å²) in [5.74, 6) is 0.649. The van der Waals surface area contributed by atoms with Crippen LogP contribution in [-0.4, -0.2) is 37.1 Å². The molecule has 0 aliphatic carbocycles. The van der Waals surface area contributed by atoms with Crippen LogP contribution in [0.4, 0.5) is 5.69 Å². The summed E-state index contributed by atoms with van der Waals surface area (Å²) in [6, 6.07) is 17.2. The van der Waals surface area contributed by atoms with Crippen molar-refractivity contribution < 1.29 is 0 Å². The lowest BCUT2D eigenvalue weighted by Crippen LogP contribution is -2.48. The Hall–Kier alpha value is -1.45. The molecule has 2 aliphatic rings. The Morgan fingerprint density at radius 2 is 1.92 bits per heavy atom.